The number of halogens is 3. The lowest BCUT2D eigenvalue weighted by Gasteiger charge is -2.41. The van der Waals surface area contributed by atoms with Gasteiger partial charge in [0.15, 0.2) is 0 Å². The molecule has 3 saturated heterocycles. The predicted octanol–water partition coefficient (Wildman–Crippen LogP) is 3.64. The molecule has 10 heteroatoms. The molecule has 31 heavy (non-hydrogen) atoms. The van der Waals surface area contributed by atoms with Crippen LogP contribution in [0.1, 0.15) is 37.0 Å². The van der Waals surface area contributed by atoms with Gasteiger partial charge in [-0.1, -0.05) is 6.07 Å². The van der Waals surface area contributed by atoms with Crippen LogP contribution in [0.2, 0.25) is 0 Å². The average Bonchev–Trinajstić information content (AvgIpc) is 3.48. The Kier molecular flexibility index (Phi) is 7.77. The zero-order valence-electron chi connectivity index (χ0n) is 17.1. The normalized spacial score (nSPS) is 26.9. The average molecular weight is 461 g/mol. The van der Waals surface area contributed by atoms with E-state index in [1.54, 1.807) is 17.4 Å². The molecule has 0 unspecified atom stereocenters. The topological polar surface area (TPSA) is 70.1 Å². The lowest BCUT2D eigenvalue weighted by Crippen LogP contribution is -2.49. The Morgan fingerprint density at radius 2 is 1.97 bits per heavy atom. The molecular formula is C21H27F3N2O4S. The van der Waals surface area contributed by atoms with Crippen LogP contribution < -0.4 is 0 Å². The highest BCUT2D eigenvalue weighted by Gasteiger charge is 2.45. The fourth-order valence-electron chi connectivity index (χ4n) is 4.38. The molecule has 3 aliphatic rings. The van der Waals surface area contributed by atoms with Crippen LogP contribution in [0.3, 0.4) is 0 Å². The molecule has 1 aromatic rings. The standard InChI is InChI=1S/C19H26N2O2S.C2HF3O2/c22-18(6-5-17-4-3-13-24-17)21-11-8-19(15-21)14-16(7-12-23-19)20-9-1-2-10-20;3-2(4,5)1(6)7/h3-6,13,16H,1-2,7-12,14-15H2;(H,6,7)/b6-5+;/t16-,19+;/m0./s1. The fourth-order valence-corrected chi connectivity index (χ4v) is 5.00. The summed E-state index contributed by atoms with van der Waals surface area (Å²) in [5.41, 5.74) is -0.0993. The van der Waals surface area contributed by atoms with Crippen molar-refractivity contribution < 1.29 is 32.6 Å². The number of carboxylic acid groups (broad SMARTS) is 1. The highest BCUT2D eigenvalue weighted by molar-refractivity contribution is 7.10. The maximum Gasteiger partial charge on any atom is 0.490 e. The summed E-state index contributed by atoms with van der Waals surface area (Å²) < 4.78 is 37.9. The SMILES string of the molecule is O=C(/C=C/c1cccs1)N1CC[C@@]2(C[C@@H](N3CCCC3)CCO2)C1.O=C(O)C(F)(F)F. The van der Waals surface area contributed by atoms with Crippen molar-refractivity contribution in [3.05, 3.63) is 28.5 Å². The third-order valence-corrected chi connectivity index (χ3v) is 6.77. The second kappa shape index (κ2) is 10.1. The smallest absolute Gasteiger partial charge is 0.475 e. The van der Waals surface area contributed by atoms with Crippen LogP contribution in [-0.4, -0.2) is 77.4 Å². The van der Waals surface area contributed by atoms with E-state index in [-0.39, 0.29) is 11.5 Å². The molecule has 2 atom stereocenters. The maximum absolute atomic E-state index is 12.5. The third kappa shape index (κ3) is 6.54. The minimum absolute atomic E-state index is 0.0993. The van der Waals surface area contributed by atoms with Crippen LogP contribution in [0.15, 0.2) is 23.6 Å². The summed E-state index contributed by atoms with van der Waals surface area (Å²) in [5, 5.41) is 9.16. The number of thiophene rings is 1. The molecule has 0 aromatic carbocycles. The Bertz CT molecular complexity index is 778. The van der Waals surface area contributed by atoms with Gasteiger partial charge in [0.1, 0.15) is 0 Å². The molecule has 0 aliphatic carbocycles. The molecule has 4 heterocycles. The zero-order chi connectivity index (χ0) is 22.5. The van der Waals surface area contributed by atoms with E-state index in [4.69, 9.17) is 14.6 Å². The van der Waals surface area contributed by atoms with Gasteiger partial charge in [0.2, 0.25) is 5.91 Å². The highest BCUT2D eigenvalue weighted by Crippen LogP contribution is 2.37. The maximum atomic E-state index is 12.5. The molecule has 4 rings (SSSR count). The second-order valence-electron chi connectivity index (χ2n) is 8.08. The van der Waals surface area contributed by atoms with E-state index in [0.717, 1.165) is 43.8 Å². The van der Waals surface area contributed by atoms with E-state index in [0.29, 0.717) is 6.04 Å². The quantitative estimate of drug-likeness (QED) is 0.698. The summed E-state index contributed by atoms with van der Waals surface area (Å²) in [7, 11) is 0. The molecular weight excluding hydrogens is 433 g/mol. The number of carbonyl (C=O) groups excluding carboxylic acids is 1. The largest absolute Gasteiger partial charge is 0.490 e. The van der Waals surface area contributed by atoms with Crippen LogP contribution in [0.4, 0.5) is 13.2 Å². The third-order valence-electron chi connectivity index (χ3n) is 5.93. The van der Waals surface area contributed by atoms with E-state index in [2.05, 4.69) is 4.90 Å². The molecule has 0 radical (unpaired) electrons. The van der Waals surface area contributed by atoms with Gasteiger partial charge in [-0.05, 0) is 62.7 Å². The van der Waals surface area contributed by atoms with Crippen molar-refractivity contribution in [1.82, 2.24) is 9.80 Å². The first-order valence-electron chi connectivity index (χ1n) is 10.4. The number of ether oxygens (including phenoxy) is 1. The predicted molar refractivity (Wildman–Crippen MR) is 111 cm³/mol. The molecule has 3 fully saturated rings. The Morgan fingerprint density at radius 1 is 1.26 bits per heavy atom. The van der Waals surface area contributed by atoms with Gasteiger partial charge >= 0.3 is 12.1 Å². The van der Waals surface area contributed by atoms with Gasteiger partial charge in [0.25, 0.3) is 0 Å². The second-order valence-corrected chi connectivity index (χ2v) is 9.06. The molecule has 1 aromatic heterocycles. The summed E-state index contributed by atoms with van der Waals surface area (Å²) in [4.78, 5) is 27.1. The Balaban J connectivity index is 0.000000339. The lowest BCUT2D eigenvalue weighted by molar-refractivity contribution is -0.192. The number of carbonyl (C=O) groups is 2. The number of rotatable bonds is 3. The van der Waals surface area contributed by atoms with Crippen molar-refractivity contribution in [3.63, 3.8) is 0 Å². The number of hydrogen-bond acceptors (Lipinski definition) is 5. The van der Waals surface area contributed by atoms with Gasteiger partial charge in [0, 0.05) is 30.1 Å². The fraction of sp³-hybridized carbons (Fsp3) is 0.619. The van der Waals surface area contributed by atoms with Crippen molar-refractivity contribution in [2.75, 3.05) is 32.8 Å². The minimum atomic E-state index is -5.08. The molecule has 0 bridgehead atoms. The van der Waals surface area contributed by atoms with Crippen LogP contribution in [0.25, 0.3) is 6.08 Å². The van der Waals surface area contributed by atoms with E-state index in [1.165, 1.54) is 25.9 Å². The van der Waals surface area contributed by atoms with Gasteiger partial charge in [-0.15, -0.1) is 11.3 Å². The summed E-state index contributed by atoms with van der Waals surface area (Å²) in [5.74, 6) is -2.64. The molecule has 3 aliphatic heterocycles. The Hall–Kier alpha value is -1.91. The molecule has 1 N–H and O–H groups in total. The number of likely N-dealkylation sites (tertiary alicyclic amines) is 2. The van der Waals surface area contributed by atoms with Gasteiger partial charge in [-0.3, -0.25) is 4.79 Å². The van der Waals surface area contributed by atoms with E-state index in [1.807, 2.05) is 28.5 Å². The van der Waals surface area contributed by atoms with Gasteiger partial charge in [-0.25, -0.2) is 4.79 Å². The molecule has 6 nitrogen and oxygen atoms in total. The number of aliphatic carboxylic acids is 1. The first kappa shape index (κ1) is 23.7. The highest BCUT2D eigenvalue weighted by atomic mass is 32.1. The summed E-state index contributed by atoms with van der Waals surface area (Å²) in [6.45, 7) is 4.90. The number of nitrogens with zero attached hydrogens (tertiary/aromatic N) is 2. The van der Waals surface area contributed by atoms with Gasteiger partial charge in [0.05, 0.1) is 12.1 Å². The number of alkyl halides is 3. The van der Waals surface area contributed by atoms with Crippen molar-refractivity contribution in [2.45, 2.75) is 49.9 Å². The lowest BCUT2D eigenvalue weighted by atomic mass is 9.89. The Morgan fingerprint density at radius 3 is 2.58 bits per heavy atom. The Labute approximate surface area is 183 Å². The first-order valence-corrected chi connectivity index (χ1v) is 11.3. The van der Waals surface area contributed by atoms with Crippen LogP contribution in [0, 0.1) is 0 Å². The van der Waals surface area contributed by atoms with Gasteiger partial charge < -0.3 is 19.6 Å². The van der Waals surface area contributed by atoms with Crippen LogP contribution in [0.5, 0.6) is 0 Å². The molecule has 172 valence electrons. The van der Waals surface area contributed by atoms with Crippen molar-refractivity contribution in [2.24, 2.45) is 0 Å². The molecule has 1 amide bonds. The van der Waals surface area contributed by atoms with E-state index in [9.17, 15) is 18.0 Å². The van der Waals surface area contributed by atoms with Gasteiger partial charge in [-0.2, -0.15) is 13.2 Å². The van der Waals surface area contributed by atoms with E-state index < -0.39 is 12.1 Å². The number of amides is 1. The first-order chi connectivity index (χ1) is 14.7. The summed E-state index contributed by atoms with van der Waals surface area (Å²) >= 11 is 1.66. The molecule has 1 spiro atoms. The number of hydrogen-bond donors (Lipinski definition) is 1. The zero-order valence-corrected chi connectivity index (χ0v) is 18.0. The summed E-state index contributed by atoms with van der Waals surface area (Å²) in [6.07, 6.45) is 4.44. The monoisotopic (exact) mass is 460 g/mol. The minimum Gasteiger partial charge on any atom is -0.475 e. The van der Waals surface area contributed by atoms with Crippen molar-refractivity contribution in [1.29, 1.82) is 0 Å². The molecule has 0 saturated carbocycles. The van der Waals surface area contributed by atoms with Crippen LogP contribution >= 0.6 is 11.3 Å². The van der Waals surface area contributed by atoms with Crippen LogP contribution in [-0.2, 0) is 14.3 Å². The van der Waals surface area contributed by atoms with E-state index >= 15 is 0 Å². The number of carboxylic acids is 1. The summed E-state index contributed by atoms with van der Waals surface area (Å²) in [6, 6.07) is 4.69. The van der Waals surface area contributed by atoms with Crippen molar-refractivity contribution >= 4 is 29.3 Å². The van der Waals surface area contributed by atoms with Crippen molar-refractivity contribution in [3.8, 4) is 0 Å².